The van der Waals surface area contributed by atoms with Gasteiger partial charge in [-0.05, 0) is 50.2 Å². The smallest absolute Gasteiger partial charge is 0.259 e. The molecular formula is C26H28N4O4S. The predicted octanol–water partition coefficient (Wildman–Crippen LogP) is 4.54. The largest absolute Gasteiger partial charge is 0.497 e. The summed E-state index contributed by atoms with van der Waals surface area (Å²) in [5, 5.41) is 4.77. The van der Waals surface area contributed by atoms with Crippen molar-refractivity contribution in [2.24, 2.45) is 0 Å². The molecule has 0 N–H and O–H groups in total. The van der Waals surface area contributed by atoms with Crippen LogP contribution in [0.15, 0.2) is 40.9 Å². The average Bonchev–Trinajstić information content (AvgIpc) is 3.49. The summed E-state index contributed by atoms with van der Waals surface area (Å²) in [5.74, 6) is 1.62. The summed E-state index contributed by atoms with van der Waals surface area (Å²) in [7, 11) is 3.34. The van der Waals surface area contributed by atoms with E-state index in [2.05, 4.69) is 28.0 Å². The van der Waals surface area contributed by atoms with Crippen LogP contribution in [0.25, 0.3) is 21.7 Å². The van der Waals surface area contributed by atoms with Gasteiger partial charge in [-0.2, -0.15) is 0 Å². The number of benzene rings is 1. The van der Waals surface area contributed by atoms with Gasteiger partial charge < -0.3 is 18.9 Å². The third kappa shape index (κ3) is 4.61. The lowest BCUT2D eigenvalue weighted by Gasteiger charge is -2.35. The molecule has 0 aliphatic carbocycles. The van der Waals surface area contributed by atoms with Crippen molar-refractivity contribution in [2.75, 3.05) is 40.4 Å². The van der Waals surface area contributed by atoms with Crippen LogP contribution in [0.4, 0.5) is 0 Å². The van der Waals surface area contributed by atoms with Crippen LogP contribution >= 0.6 is 11.3 Å². The molecule has 1 saturated heterocycles. The van der Waals surface area contributed by atoms with Crippen molar-refractivity contribution in [3.63, 3.8) is 0 Å². The molecule has 35 heavy (non-hydrogen) atoms. The van der Waals surface area contributed by atoms with E-state index >= 15 is 0 Å². The number of pyridine rings is 1. The zero-order valence-electron chi connectivity index (χ0n) is 20.3. The molecular weight excluding hydrogens is 464 g/mol. The first kappa shape index (κ1) is 23.3. The summed E-state index contributed by atoms with van der Waals surface area (Å²) in [6.07, 6.45) is 0. The van der Waals surface area contributed by atoms with Gasteiger partial charge in [0.15, 0.2) is 0 Å². The summed E-state index contributed by atoms with van der Waals surface area (Å²) < 4.78 is 16.4. The van der Waals surface area contributed by atoms with Crippen LogP contribution in [0, 0.1) is 13.8 Å². The highest BCUT2D eigenvalue weighted by molar-refractivity contribution is 7.15. The van der Waals surface area contributed by atoms with Gasteiger partial charge in [-0.25, -0.2) is 4.98 Å². The first-order valence-electron chi connectivity index (χ1n) is 11.5. The van der Waals surface area contributed by atoms with Crippen LogP contribution in [0.2, 0.25) is 0 Å². The van der Waals surface area contributed by atoms with Crippen LogP contribution < -0.4 is 9.47 Å². The Labute approximate surface area is 208 Å². The number of rotatable bonds is 6. The maximum Gasteiger partial charge on any atom is 0.259 e. The van der Waals surface area contributed by atoms with Crippen LogP contribution in [0.5, 0.6) is 11.5 Å². The molecule has 3 aromatic heterocycles. The van der Waals surface area contributed by atoms with E-state index in [4.69, 9.17) is 14.0 Å². The molecule has 0 unspecified atom stereocenters. The predicted molar refractivity (Wildman–Crippen MR) is 135 cm³/mol. The van der Waals surface area contributed by atoms with Crippen molar-refractivity contribution in [1.29, 1.82) is 0 Å². The van der Waals surface area contributed by atoms with Gasteiger partial charge in [-0.3, -0.25) is 9.69 Å². The summed E-state index contributed by atoms with van der Waals surface area (Å²) in [4.78, 5) is 24.7. The lowest BCUT2D eigenvalue weighted by molar-refractivity contribution is 0.0629. The van der Waals surface area contributed by atoms with Gasteiger partial charge in [0, 0.05) is 43.2 Å². The normalized spacial score (nSPS) is 14.5. The van der Waals surface area contributed by atoms with E-state index in [0.29, 0.717) is 35.4 Å². The van der Waals surface area contributed by atoms with Gasteiger partial charge in [-0.1, -0.05) is 5.16 Å². The van der Waals surface area contributed by atoms with Crippen molar-refractivity contribution in [3.8, 4) is 22.1 Å². The fourth-order valence-electron chi connectivity index (χ4n) is 4.49. The fourth-order valence-corrected chi connectivity index (χ4v) is 5.32. The van der Waals surface area contributed by atoms with E-state index in [0.717, 1.165) is 47.3 Å². The third-order valence-electron chi connectivity index (χ3n) is 6.38. The minimum atomic E-state index is -0.0168. The number of hydrogen-bond acceptors (Lipinski definition) is 8. The van der Waals surface area contributed by atoms with Crippen LogP contribution in [-0.4, -0.2) is 66.2 Å². The lowest BCUT2D eigenvalue weighted by Crippen LogP contribution is -2.48. The van der Waals surface area contributed by atoms with Crippen molar-refractivity contribution in [3.05, 3.63) is 58.1 Å². The second kappa shape index (κ2) is 9.67. The number of piperazine rings is 1. The number of methoxy groups -OCH3 is 2. The average molecular weight is 493 g/mol. The molecule has 0 atom stereocenters. The second-order valence-corrected chi connectivity index (χ2v) is 9.95. The van der Waals surface area contributed by atoms with Crippen LogP contribution in [-0.2, 0) is 6.54 Å². The van der Waals surface area contributed by atoms with E-state index in [9.17, 15) is 4.79 Å². The van der Waals surface area contributed by atoms with Crippen molar-refractivity contribution >= 4 is 28.3 Å². The summed E-state index contributed by atoms with van der Waals surface area (Å²) >= 11 is 1.64. The molecule has 0 bridgehead atoms. The molecule has 0 spiro atoms. The molecule has 9 heteroatoms. The molecule has 1 aromatic carbocycles. The van der Waals surface area contributed by atoms with Crippen molar-refractivity contribution in [2.45, 2.75) is 20.4 Å². The number of carbonyl (C=O) groups is 1. The molecule has 1 aliphatic rings. The first-order valence-corrected chi connectivity index (χ1v) is 12.3. The van der Waals surface area contributed by atoms with Gasteiger partial charge in [-0.15, -0.1) is 11.3 Å². The Hall–Kier alpha value is -3.43. The highest BCUT2D eigenvalue weighted by Gasteiger charge is 2.27. The van der Waals surface area contributed by atoms with Crippen LogP contribution in [0.3, 0.4) is 0 Å². The molecule has 0 radical (unpaired) electrons. The Kier molecular flexibility index (Phi) is 6.44. The summed E-state index contributed by atoms with van der Waals surface area (Å²) in [5.41, 5.74) is 3.47. The minimum absolute atomic E-state index is 0.0168. The van der Waals surface area contributed by atoms with Gasteiger partial charge in [0.25, 0.3) is 11.6 Å². The molecule has 4 aromatic rings. The quantitative estimate of drug-likeness (QED) is 0.391. The molecule has 1 amide bonds. The van der Waals surface area contributed by atoms with Gasteiger partial charge in [0.05, 0.1) is 41.4 Å². The second-order valence-electron chi connectivity index (χ2n) is 8.66. The van der Waals surface area contributed by atoms with Gasteiger partial charge >= 0.3 is 0 Å². The summed E-state index contributed by atoms with van der Waals surface area (Å²) in [6, 6.07) is 11.8. The molecule has 5 rings (SSSR count). The highest BCUT2D eigenvalue weighted by Crippen LogP contribution is 2.32. The Morgan fingerprint density at radius 1 is 1.06 bits per heavy atom. The zero-order chi connectivity index (χ0) is 24.5. The van der Waals surface area contributed by atoms with E-state index in [1.54, 1.807) is 25.6 Å². The molecule has 8 nitrogen and oxygen atoms in total. The minimum Gasteiger partial charge on any atom is -0.497 e. The topological polar surface area (TPSA) is 80.9 Å². The van der Waals surface area contributed by atoms with Gasteiger partial charge in [0.2, 0.25) is 0 Å². The SMILES string of the molecule is COc1ccc(OC)c(CN2CCN(C(=O)c3cc(-c4ccc(C)s4)nc4onc(C)c34)CC2)c1. The Balaban J connectivity index is 1.35. The number of nitrogens with zero attached hydrogens (tertiary/aromatic N) is 4. The van der Waals surface area contributed by atoms with Crippen molar-refractivity contribution in [1.82, 2.24) is 19.9 Å². The Morgan fingerprint density at radius 2 is 1.86 bits per heavy atom. The standard InChI is InChI=1S/C26H28N4O4S/c1-16-5-8-23(35-16)21-14-20(24-17(2)28-34-25(24)27-21)26(31)30-11-9-29(10-12-30)15-18-13-19(32-3)6-7-22(18)33-4/h5-8,13-14H,9-12,15H2,1-4H3. The number of hydrogen-bond donors (Lipinski definition) is 0. The molecule has 4 heterocycles. The van der Waals surface area contributed by atoms with Crippen molar-refractivity contribution < 1.29 is 18.8 Å². The highest BCUT2D eigenvalue weighted by atomic mass is 32.1. The van der Waals surface area contributed by atoms with E-state index in [1.165, 1.54) is 4.88 Å². The maximum absolute atomic E-state index is 13.7. The van der Waals surface area contributed by atoms with E-state index in [1.807, 2.05) is 42.2 Å². The number of ether oxygens (including phenoxy) is 2. The number of thiophene rings is 1. The third-order valence-corrected chi connectivity index (χ3v) is 7.40. The zero-order valence-corrected chi connectivity index (χ0v) is 21.1. The Bertz CT molecular complexity index is 1370. The first-order chi connectivity index (χ1) is 17.0. The monoisotopic (exact) mass is 492 g/mol. The molecule has 0 saturated carbocycles. The number of fused-ring (bicyclic) bond motifs is 1. The summed E-state index contributed by atoms with van der Waals surface area (Å²) in [6.45, 7) is 7.42. The lowest BCUT2D eigenvalue weighted by atomic mass is 10.1. The molecule has 182 valence electrons. The van der Waals surface area contributed by atoms with Gasteiger partial charge in [0.1, 0.15) is 11.5 Å². The molecule has 1 aliphatic heterocycles. The number of aromatic nitrogens is 2. The number of carbonyl (C=O) groups excluding carboxylic acids is 1. The van der Waals surface area contributed by atoms with E-state index < -0.39 is 0 Å². The Morgan fingerprint density at radius 3 is 2.54 bits per heavy atom. The van der Waals surface area contributed by atoms with Crippen LogP contribution in [0.1, 0.15) is 26.5 Å². The molecule has 1 fully saturated rings. The fraction of sp³-hybridized carbons (Fsp3) is 0.346. The maximum atomic E-state index is 13.7. The number of amides is 1. The number of aryl methyl sites for hydroxylation is 2. The van der Waals surface area contributed by atoms with E-state index in [-0.39, 0.29) is 5.91 Å².